The van der Waals surface area contributed by atoms with E-state index in [0.29, 0.717) is 12.8 Å². The van der Waals surface area contributed by atoms with Gasteiger partial charge in [0.1, 0.15) is 13.2 Å². The first-order valence-electron chi connectivity index (χ1n) is 31.7. The average Bonchev–Trinajstić information content (AvgIpc) is 3.41. The topological polar surface area (TPSA) is 78.9 Å². The number of esters is 3. The SMILES string of the molecule is CC/C=C\C/C=C\C/C=C\C/C=C\C/C=C\CC(=O)OCC(COC(=O)CCCCCCCCCCCCCCCCCCCCCCCCC)OC(=O)CCCCCCCC/C=C\C/C=C\C/C=C\CCCCC. The van der Waals surface area contributed by atoms with Gasteiger partial charge < -0.3 is 14.2 Å². The van der Waals surface area contributed by atoms with Crippen LogP contribution in [0, 0.1) is 0 Å². The molecule has 6 heteroatoms. The van der Waals surface area contributed by atoms with Gasteiger partial charge in [-0.05, 0) is 83.5 Å². The lowest BCUT2D eigenvalue weighted by molar-refractivity contribution is -0.166. The summed E-state index contributed by atoms with van der Waals surface area (Å²) in [6.45, 7) is 6.43. The third kappa shape index (κ3) is 61.1. The van der Waals surface area contributed by atoms with Crippen molar-refractivity contribution in [2.24, 2.45) is 0 Å². The van der Waals surface area contributed by atoms with Gasteiger partial charge in [-0.15, -0.1) is 0 Å². The highest BCUT2D eigenvalue weighted by molar-refractivity contribution is 5.72. The third-order valence-corrected chi connectivity index (χ3v) is 13.6. The standard InChI is InChI=1S/C69H118O6/c1-4-7-10-13-16-19-22-25-28-30-32-33-34-35-37-38-41-44-47-50-53-56-59-62-68(71)74-65-66(64-73-67(70)61-58-55-52-49-46-43-40-27-24-21-18-15-12-9-6-3)75-69(72)63-60-57-54-51-48-45-42-39-36-31-29-26-23-20-17-14-11-8-5-2/h9,12,17-18,20-21,26-27,29,36,39-40,46,49,55,58,66H,4-8,10-11,13-16,19,22-25,28,30-35,37-38,41-45,47-48,50-54,56-57,59-65H2,1-3H3/b12-9-,20-17-,21-18-,29-26-,39-36-,40-27-,49-46-,58-55-. The highest BCUT2D eigenvalue weighted by atomic mass is 16.6. The van der Waals surface area contributed by atoms with Gasteiger partial charge in [-0.3, -0.25) is 14.4 Å². The number of allylic oxidation sites excluding steroid dienone is 15. The van der Waals surface area contributed by atoms with Crippen molar-refractivity contribution in [3.63, 3.8) is 0 Å². The predicted octanol–water partition coefficient (Wildman–Crippen LogP) is 21.7. The summed E-state index contributed by atoms with van der Waals surface area (Å²) < 4.78 is 16.8. The molecule has 75 heavy (non-hydrogen) atoms. The van der Waals surface area contributed by atoms with Crippen LogP contribution in [-0.2, 0) is 28.6 Å². The van der Waals surface area contributed by atoms with Gasteiger partial charge in [0.25, 0.3) is 0 Å². The summed E-state index contributed by atoms with van der Waals surface area (Å²) in [5, 5.41) is 0. The Kier molecular flexibility index (Phi) is 59.8. The lowest BCUT2D eigenvalue weighted by Gasteiger charge is -2.18. The minimum absolute atomic E-state index is 0.111. The minimum Gasteiger partial charge on any atom is -0.462 e. The van der Waals surface area contributed by atoms with Crippen molar-refractivity contribution in [2.45, 2.75) is 309 Å². The Hall–Kier alpha value is -3.67. The largest absolute Gasteiger partial charge is 0.462 e. The summed E-state index contributed by atoms with van der Waals surface area (Å²) >= 11 is 0. The second-order valence-corrected chi connectivity index (χ2v) is 21.0. The zero-order valence-electron chi connectivity index (χ0n) is 49.3. The summed E-state index contributed by atoms with van der Waals surface area (Å²) in [7, 11) is 0. The van der Waals surface area contributed by atoms with Gasteiger partial charge >= 0.3 is 17.9 Å². The Morgan fingerprint density at radius 3 is 0.960 bits per heavy atom. The molecule has 0 bridgehead atoms. The number of rotatable bonds is 57. The normalized spacial score (nSPS) is 12.7. The molecule has 0 aliphatic rings. The van der Waals surface area contributed by atoms with Crippen LogP contribution in [0.15, 0.2) is 97.2 Å². The van der Waals surface area contributed by atoms with E-state index in [4.69, 9.17) is 14.2 Å². The molecule has 0 aromatic carbocycles. The first-order valence-corrected chi connectivity index (χ1v) is 31.7. The van der Waals surface area contributed by atoms with Crippen LogP contribution in [0.1, 0.15) is 303 Å². The molecule has 1 atom stereocenters. The van der Waals surface area contributed by atoms with Crippen molar-refractivity contribution >= 4 is 17.9 Å². The Morgan fingerprint density at radius 1 is 0.293 bits per heavy atom. The number of hydrogen-bond acceptors (Lipinski definition) is 6. The van der Waals surface area contributed by atoms with Crippen LogP contribution in [0.3, 0.4) is 0 Å². The zero-order valence-corrected chi connectivity index (χ0v) is 49.3. The molecule has 1 unspecified atom stereocenters. The van der Waals surface area contributed by atoms with E-state index in [1.165, 1.54) is 167 Å². The first kappa shape index (κ1) is 71.3. The fourth-order valence-electron chi connectivity index (χ4n) is 8.88. The second kappa shape index (κ2) is 62.9. The van der Waals surface area contributed by atoms with Crippen molar-refractivity contribution in [1.82, 2.24) is 0 Å². The van der Waals surface area contributed by atoms with E-state index in [1.807, 2.05) is 6.08 Å². The smallest absolute Gasteiger partial charge is 0.309 e. The number of hydrogen-bond donors (Lipinski definition) is 0. The van der Waals surface area contributed by atoms with E-state index in [0.717, 1.165) is 96.3 Å². The van der Waals surface area contributed by atoms with Crippen molar-refractivity contribution in [3.8, 4) is 0 Å². The Bertz CT molecular complexity index is 1480. The molecular formula is C69H118O6. The number of ether oxygens (including phenoxy) is 3. The van der Waals surface area contributed by atoms with E-state index in [2.05, 4.69) is 106 Å². The molecule has 0 aliphatic carbocycles. The van der Waals surface area contributed by atoms with Crippen molar-refractivity contribution in [3.05, 3.63) is 97.2 Å². The zero-order chi connectivity index (χ0) is 54.3. The summed E-state index contributed by atoms with van der Waals surface area (Å²) in [5.74, 6) is -1.05. The van der Waals surface area contributed by atoms with Crippen LogP contribution in [0.25, 0.3) is 0 Å². The molecule has 0 aromatic rings. The van der Waals surface area contributed by atoms with E-state index >= 15 is 0 Å². The Labute approximate surface area is 464 Å². The molecule has 0 amide bonds. The van der Waals surface area contributed by atoms with Crippen molar-refractivity contribution in [1.29, 1.82) is 0 Å². The van der Waals surface area contributed by atoms with Crippen LogP contribution >= 0.6 is 0 Å². The maximum atomic E-state index is 12.9. The lowest BCUT2D eigenvalue weighted by atomic mass is 10.0. The molecule has 0 fully saturated rings. The molecule has 0 rings (SSSR count). The van der Waals surface area contributed by atoms with Crippen molar-refractivity contribution < 1.29 is 28.6 Å². The summed E-state index contributed by atoms with van der Waals surface area (Å²) in [6.07, 6.45) is 84.4. The van der Waals surface area contributed by atoms with Crippen LogP contribution in [-0.4, -0.2) is 37.2 Å². The predicted molar refractivity (Wildman–Crippen MR) is 325 cm³/mol. The minimum atomic E-state index is -0.825. The quantitative estimate of drug-likeness (QED) is 0.0261. The first-order chi connectivity index (χ1) is 37.0. The van der Waals surface area contributed by atoms with Crippen LogP contribution < -0.4 is 0 Å². The lowest BCUT2D eigenvalue weighted by Crippen LogP contribution is -2.30. The second-order valence-electron chi connectivity index (χ2n) is 21.0. The Morgan fingerprint density at radius 2 is 0.573 bits per heavy atom. The van der Waals surface area contributed by atoms with Gasteiger partial charge in [0.2, 0.25) is 0 Å². The number of carbonyl (C=O) groups is 3. The van der Waals surface area contributed by atoms with Gasteiger partial charge in [-0.1, -0.05) is 298 Å². The van der Waals surface area contributed by atoms with Gasteiger partial charge in [0.15, 0.2) is 6.10 Å². The molecule has 0 heterocycles. The number of unbranched alkanes of at least 4 members (excludes halogenated alkanes) is 31. The summed E-state index contributed by atoms with van der Waals surface area (Å²) in [6, 6.07) is 0. The third-order valence-electron chi connectivity index (χ3n) is 13.6. The van der Waals surface area contributed by atoms with Gasteiger partial charge in [-0.25, -0.2) is 0 Å². The fraction of sp³-hybridized carbons (Fsp3) is 0.725. The number of carbonyl (C=O) groups excluding carboxylic acids is 3. The molecule has 430 valence electrons. The molecule has 0 saturated carbocycles. The highest BCUT2D eigenvalue weighted by Gasteiger charge is 2.19. The molecule has 0 spiro atoms. The van der Waals surface area contributed by atoms with Gasteiger partial charge in [0.05, 0.1) is 6.42 Å². The molecule has 0 aliphatic heterocycles. The van der Waals surface area contributed by atoms with E-state index < -0.39 is 12.1 Å². The van der Waals surface area contributed by atoms with Crippen molar-refractivity contribution in [2.75, 3.05) is 13.2 Å². The molecule has 0 radical (unpaired) electrons. The monoisotopic (exact) mass is 1040 g/mol. The fourth-order valence-corrected chi connectivity index (χ4v) is 8.88. The Balaban J connectivity index is 4.42. The van der Waals surface area contributed by atoms with E-state index in [-0.39, 0.29) is 31.6 Å². The molecule has 0 N–H and O–H groups in total. The summed E-state index contributed by atoms with van der Waals surface area (Å²) in [5.41, 5.74) is 0. The maximum absolute atomic E-state index is 12.9. The molecule has 6 nitrogen and oxygen atoms in total. The van der Waals surface area contributed by atoms with Crippen LogP contribution in [0.5, 0.6) is 0 Å². The highest BCUT2D eigenvalue weighted by Crippen LogP contribution is 2.17. The van der Waals surface area contributed by atoms with E-state index in [1.54, 1.807) is 6.08 Å². The average molecular weight is 1040 g/mol. The van der Waals surface area contributed by atoms with Gasteiger partial charge in [-0.2, -0.15) is 0 Å². The molecule has 0 saturated heterocycles. The van der Waals surface area contributed by atoms with Crippen LogP contribution in [0.4, 0.5) is 0 Å². The maximum Gasteiger partial charge on any atom is 0.309 e. The molecule has 0 aromatic heterocycles. The molecular weight excluding hydrogens is 925 g/mol. The summed E-state index contributed by atoms with van der Waals surface area (Å²) in [4.78, 5) is 38.2. The van der Waals surface area contributed by atoms with E-state index in [9.17, 15) is 14.4 Å². The van der Waals surface area contributed by atoms with Gasteiger partial charge in [0, 0.05) is 12.8 Å². The van der Waals surface area contributed by atoms with Crippen LogP contribution in [0.2, 0.25) is 0 Å².